The lowest BCUT2D eigenvalue weighted by molar-refractivity contribution is -0.141. The number of carbonyl (C=O) groups excluding carboxylic acids is 2. The molecule has 2 aliphatic rings. The zero-order valence-corrected chi connectivity index (χ0v) is 18.2. The van der Waals surface area contributed by atoms with Gasteiger partial charge >= 0.3 is 0 Å². The van der Waals surface area contributed by atoms with E-state index in [0.29, 0.717) is 11.3 Å². The van der Waals surface area contributed by atoms with Gasteiger partial charge in [0.2, 0.25) is 0 Å². The molecule has 1 unspecified atom stereocenters. The molecule has 164 valence electrons. The molecular weight excluding hydrogens is 404 g/mol. The molecule has 32 heavy (non-hydrogen) atoms. The van der Waals surface area contributed by atoms with Gasteiger partial charge in [0.15, 0.2) is 0 Å². The van der Waals surface area contributed by atoms with Gasteiger partial charge in [-0.05, 0) is 38.0 Å². The van der Waals surface area contributed by atoms with E-state index in [2.05, 4.69) is 4.98 Å². The van der Waals surface area contributed by atoms with Gasteiger partial charge in [-0.25, -0.2) is 0 Å². The quantitative estimate of drug-likeness (QED) is 0.352. The van der Waals surface area contributed by atoms with Gasteiger partial charge in [-0.15, -0.1) is 0 Å². The Hall–Kier alpha value is -3.54. The van der Waals surface area contributed by atoms with Crippen molar-refractivity contribution in [2.75, 3.05) is 7.11 Å². The third-order valence-electron chi connectivity index (χ3n) is 6.72. The van der Waals surface area contributed by atoms with Crippen molar-refractivity contribution in [3.05, 3.63) is 70.9 Å². The molecule has 0 spiro atoms. The van der Waals surface area contributed by atoms with Gasteiger partial charge in [0.1, 0.15) is 11.5 Å². The van der Waals surface area contributed by atoms with Crippen LogP contribution in [0.4, 0.5) is 0 Å². The van der Waals surface area contributed by atoms with Gasteiger partial charge < -0.3 is 19.7 Å². The SMILES string of the molecule is COc1ccc(C)cc1/C(O)=C1\C(=O)C(=O)N(C2CCCC2)C1c1c[nH]c2ccccc12. The summed E-state index contributed by atoms with van der Waals surface area (Å²) in [5.41, 5.74) is 3.20. The number of Topliss-reactive ketones (excluding diaryl/α,β-unsaturated/α-hetero) is 1. The highest BCUT2D eigenvalue weighted by atomic mass is 16.5. The largest absolute Gasteiger partial charge is 0.507 e. The number of aromatic amines is 1. The Balaban J connectivity index is 1.76. The highest BCUT2D eigenvalue weighted by molar-refractivity contribution is 6.46. The normalized spacial score (nSPS) is 21.1. The number of amides is 1. The molecule has 1 atom stereocenters. The van der Waals surface area contributed by atoms with Crippen LogP contribution in [0.2, 0.25) is 0 Å². The number of ketones is 1. The number of fused-ring (bicyclic) bond motifs is 1. The Morgan fingerprint density at radius 2 is 1.88 bits per heavy atom. The van der Waals surface area contributed by atoms with Crippen LogP contribution in [-0.2, 0) is 9.59 Å². The van der Waals surface area contributed by atoms with Crippen molar-refractivity contribution in [1.82, 2.24) is 9.88 Å². The predicted octanol–water partition coefficient (Wildman–Crippen LogP) is 4.85. The van der Waals surface area contributed by atoms with Gasteiger partial charge in [-0.1, -0.05) is 42.7 Å². The van der Waals surface area contributed by atoms with Crippen molar-refractivity contribution in [3.8, 4) is 5.75 Å². The zero-order chi connectivity index (χ0) is 22.4. The first-order valence-electron chi connectivity index (χ1n) is 11.0. The Labute approximate surface area is 186 Å². The maximum Gasteiger partial charge on any atom is 0.295 e. The number of methoxy groups -OCH3 is 1. The van der Waals surface area contributed by atoms with Crippen LogP contribution in [0.5, 0.6) is 5.75 Å². The fourth-order valence-electron chi connectivity index (χ4n) is 5.19. The van der Waals surface area contributed by atoms with Gasteiger partial charge in [0.25, 0.3) is 11.7 Å². The number of likely N-dealkylation sites (tertiary alicyclic amines) is 1. The lowest BCUT2D eigenvalue weighted by Crippen LogP contribution is -2.37. The summed E-state index contributed by atoms with van der Waals surface area (Å²) in [5.74, 6) is -0.925. The Kier molecular flexibility index (Phi) is 5.00. The number of hydrogen-bond acceptors (Lipinski definition) is 4. The first-order chi connectivity index (χ1) is 15.5. The number of nitrogens with one attached hydrogen (secondary N) is 1. The summed E-state index contributed by atoms with van der Waals surface area (Å²) in [5, 5.41) is 12.4. The number of para-hydroxylation sites is 1. The van der Waals surface area contributed by atoms with E-state index in [4.69, 9.17) is 4.74 Å². The average molecular weight is 431 g/mol. The fourth-order valence-corrected chi connectivity index (χ4v) is 5.19. The summed E-state index contributed by atoms with van der Waals surface area (Å²) in [6, 6.07) is 12.6. The van der Waals surface area contributed by atoms with Crippen molar-refractivity contribution < 1.29 is 19.4 Å². The van der Waals surface area contributed by atoms with Crippen LogP contribution in [0, 0.1) is 6.92 Å². The van der Waals surface area contributed by atoms with Crippen LogP contribution < -0.4 is 4.74 Å². The van der Waals surface area contributed by atoms with E-state index in [9.17, 15) is 14.7 Å². The first-order valence-corrected chi connectivity index (χ1v) is 11.0. The Bertz CT molecular complexity index is 1250. The van der Waals surface area contributed by atoms with Crippen molar-refractivity contribution in [3.63, 3.8) is 0 Å². The number of aryl methyl sites for hydroxylation is 1. The number of H-pyrrole nitrogens is 1. The van der Waals surface area contributed by atoms with Crippen LogP contribution >= 0.6 is 0 Å². The number of aliphatic hydroxyl groups excluding tert-OH is 1. The summed E-state index contributed by atoms with van der Waals surface area (Å²) in [6.07, 6.45) is 5.63. The van der Waals surface area contributed by atoms with E-state index in [1.807, 2.05) is 43.5 Å². The smallest absolute Gasteiger partial charge is 0.295 e. The summed E-state index contributed by atoms with van der Waals surface area (Å²) < 4.78 is 5.46. The number of aliphatic hydroxyl groups is 1. The summed E-state index contributed by atoms with van der Waals surface area (Å²) in [4.78, 5) is 31.6. The second-order valence-corrected chi connectivity index (χ2v) is 8.64. The monoisotopic (exact) mass is 430 g/mol. The van der Waals surface area contributed by atoms with E-state index >= 15 is 0 Å². The third-order valence-corrected chi connectivity index (χ3v) is 6.72. The lowest BCUT2D eigenvalue weighted by atomic mass is 9.93. The van der Waals surface area contributed by atoms with Crippen LogP contribution in [0.25, 0.3) is 16.7 Å². The number of nitrogens with zero attached hydrogens (tertiary/aromatic N) is 1. The third kappa shape index (κ3) is 3.09. The van der Waals surface area contributed by atoms with Crippen LogP contribution in [0.15, 0.2) is 54.2 Å². The first kappa shape index (κ1) is 20.4. The number of benzene rings is 2. The second-order valence-electron chi connectivity index (χ2n) is 8.64. The van der Waals surface area contributed by atoms with Crippen LogP contribution in [0.3, 0.4) is 0 Å². The molecule has 2 aromatic carbocycles. The fraction of sp³-hybridized carbons (Fsp3) is 0.308. The van der Waals surface area contributed by atoms with Crippen molar-refractivity contribution in [2.45, 2.75) is 44.7 Å². The molecule has 5 rings (SSSR count). The zero-order valence-electron chi connectivity index (χ0n) is 18.2. The van der Waals surface area contributed by atoms with E-state index in [0.717, 1.165) is 47.7 Å². The molecular formula is C26H26N2O4. The van der Waals surface area contributed by atoms with Crippen LogP contribution in [-0.4, -0.2) is 39.8 Å². The number of aromatic nitrogens is 1. The van der Waals surface area contributed by atoms with Gasteiger partial charge in [0, 0.05) is 28.7 Å². The number of rotatable bonds is 4. The molecule has 1 amide bonds. The van der Waals surface area contributed by atoms with Gasteiger partial charge in [-0.3, -0.25) is 9.59 Å². The van der Waals surface area contributed by atoms with Gasteiger partial charge in [-0.2, -0.15) is 0 Å². The minimum atomic E-state index is -0.653. The number of carbonyl (C=O) groups is 2. The molecule has 0 bridgehead atoms. The minimum absolute atomic E-state index is 0.0187. The summed E-state index contributed by atoms with van der Waals surface area (Å²) in [7, 11) is 1.52. The maximum atomic E-state index is 13.4. The molecule has 2 fully saturated rings. The summed E-state index contributed by atoms with van der Waals surface area (Å²) in [6.45, 7) is 1.91. The number of ether oxygens (including phenoxy) is 1. The molecule has 2 N–H and O–H groups in total. The van der Waals surface area contributed by atoms with Gasteiger partial charge in [0.05, 0.1) is 24.3 Å². The molecule has 2 heterocycles. The molecule has 6 heteroatoms. The topological polar surface area (TPSA) is 82.6 Å². The van der Waals surface area contributed by atoms with E-state index in [1.165, 1.54) is 7.11 Å². The van der Waals surface area contributed by atoms with Crippen LogP contribution in [0.1, 0.15) is 48.4 Å². The molecule has 1 saturated carbocycles. The van der Waals surface area contributed by atoms with E-state index < -0.39 is 17.7 Å². The maximum absolute atomic E-state index is 13.4. The molecule has 1 saturated heterocycles. The molecule has 1 aliphatic carbocycles. The second kappa shape index (κ2) is 7.86. The van der Waals surface area contributed by atoms with Crippen molar-refractivity contribution in [2.24, 2.45) is 0 Å². The molecule has 3 aromatic rings. The Morgan fingerprint density at radius 3 is 2.62 bits per heavy atom. The average Bonchev–Trinajstić information content (AvgIpc) is 3.52. The van der Waals surface area contributed by atoms with Crippen molar-refractivity contribution in [1.29, 1.82) is 0 Å². The number of hydrogen-bond donors (Lipinski definition) is 2. The summed E-state index contributed by atoms with van der Waals surface area (Å²) >= 11 is 0. The van der Waals surface area contributed by atoms with Crippen molar-refractivity contribution >= 4 is 28.4 Å². The predicted molar refractivity (Wildman–Crippen MR) is 122 cm³/mol. The van der Waals surface area contributed by atoms with E-state index in [-0.39, 0.29) is 17.4 Å². The Morgan fingerprint density at radius 1 is 1.12 bits per heavy atom. The highest BCUT2D eigenvalue weighted by Gasteiger charge is 2.50. The highest BCUT2D eigenvalue weighted by Crippen LogP contribution is 2.46. The standard InChI is InChI=1S/C26H26N2O4/c1-15-11-12-21(32-2)18(13-15)24(29)22-23(19-14-27-20-10-6-5-9-17(19)20)28(26(31)25(22)30)16-7-3-4-8-16/h5-6,9-14,16,23,27,29H,3-4,7-8H2,1-2H3/b24-22+. The molecule has 6 nitrogen and oxygen atoms in total. The molecule has 1 aromatic heterocycles. The molecule has 0 radical (unpaired) electrons. The molecule has 1 aliphatic heterocycles. The minimum Gasteiger partial charge on any atom is -0.507 e. The van der Waals surface area contributed by atoms with E-state index in [1.54, 1.807) is 17.0 Å². The lowest BCUT2D eigenvalue weighted by Gasteiger charge is -2.30.